The molecule has 0 bridgehead atoms. The molecule has 1 aliphatic rings. The van der Waals surface area contributed by atoms with Gasteiger partial charge < -0.3 is 10.1 Å². The van der Waals surface area contributed by atoms with Crippen LogP contribution in [0.2, 0.25) is 0 Å². The second kappa shape index (κ2) is 8.48. The van der Waals surface area contributed by atoms with Crippen LogP contribution >= 0.6 is 0 Å². The maximum Gasteiger partial charge on any atom is 0.407 e. The van der Waals surface area contributed by atoms with E-state index in [1.165, 1.54) is 0 Å². The van der Waals surface area contributed by atoms with E-state index in [4.69, 9.17) is 4.74 Å². The van der Waals surface area contributed by atoms with Gasteiger partial charge in [0.2, 0.25) is 0 Å². The van der Waals surface area contributed by atoms with Crippen LogP contribution in [0, 0.1) is 5.92 Å². The Kier molecular flexibility index (Phi) is 6.59. The van der Waals surface area contributed by atoms with Crippen molar-refractivity contribution in [2.24, 2.45) is 5.92 Å². The zero-order valence-electron chi connectivity index (χ0n) is 15.7. The average molecular weight is 346 g/mol. The third-order valence-corrected chi connectivity index (χ3v) is 4.38. The summed E-state index contributed by atoms with van der Waals surface area (Å²) in [6.07, 6.45) is 1.68. The summed E-state index contributed by atoms with van der Waals surface area (Å²) in [6.45, 7) is 9.51. The molecule has 2 rings (SSSR count). The molecule has 0 spiro atoms. The number of nitrogens with one attached hydrogen (secondary N) is 1. The average Bonchev–Trinajstić information content (AvgIpc) is 2.53. The van der Waals surface area contributed by atoms with Gasteiger partial charge in [-0.15, -0.1) is 0 Å². The van der Waals surface area contributed by atoms with Gasteiger partial charge in [-0.25, -0.2) is 4.79 Å². The molecule has 138 valence electrons. The van der Waals surface area contributed by atoms with E-state index in [9.17, 15) is 9.59 Å². The van der Waals surface area contributed by atoms with Gasteiger partial charge in [-0.05, 0) is 39.5 Å². The van der Waals surface area contributed by atoms with Gasteiger partial charge in [-0.2, -0.15) is 0 Å². The fourth-order valence-electron chi connectivity index (χ4n) is 3.14. The molecular formula is C20H30N2O3. The van der Waals surface area contributed by atoms with Crippen LogP contribution in [0.25, 0.3) is 0 Å². The Bertz CT molecular complexity index is 580. The summed E-state index contributed by atoms with van der Waals surface area (Å²) in [5, 5.41) is 2.85. The summed E-state index contributed by atoms with van der Waals surface area (Å²) in [5.74, 6) is 0.679. The Labute approximate surface area is 150 Å². The monoisotopic (exact) mass is 346 g/mol. The number of likely N-dealkylation sites (tertiary alicyclic amines) is 1. The van der Waals surface area contributed by atoms with E-state index < -0.39 is 11.7 Å². The lowest BCUT2D eigenvalue weighted by molar-refractivity contribution is 0.0481. The lowest BCUT2D eigenvalue weighted by Gasteiger charge is -2.38. The molecule has 5 nitrogen and oxygen atoms in total. The van der Waals surface area contributed by atoms with E-state index in [1.54, 1.807) is 0 Å². The summed E-state index contributed by atoms with van der Waals surface area (Å²) >= 11 is 0. The Morgan fingerprint density at radius 3 is 2.52 bits per heavy atom. The molecule has 0 radical (unpaired) electrons. The van der Waals surface area contributed by atoms with E-state index >= 15 is 0 Å². The quantitative estimate of drug-likeness (QED) is 0.829. The van der Waals surface area contributed by atoms with Crippen molar-refractivity contribution >= 4 is 11.9 Å². The van der Waals surface area contributed by atoms with Crippen LogP contribution < -0.4 is 5.32 Å². The van der Waals surface area contributed by atoms with Crippen molar-refractivity contribution in [2.75, 3.05) is 19.6 Å². The maximum absolute atomic E-state index is 12.5. The van der Waals surface area contributed by atoms with Gasteiger partial charge in [0.05, 0.1) is 6.54 Å². The first-order chi connectivity index (χ1) is 11.7. The van der Waals surface area contributed by atoms with E-state index in [0.717, 1.165) is 24.9 Å². The number of benzene rings is 1. The third-order valence-electron chi connectivity index (χ3n) is 4.38. The highest BCUT2D eigenvalue weighted by Gasteiger charge is 2.28. The summed E-state index contributed by atoms with van der Waals surface area (Å²) < 4.78 is 5.30. The number of carbonyl (C=O) groups excluding carboxylic acids is 2. The van der Waals surface area contributed by atoms with Crippen LogP contribution in [0.4, 0.5) is 4.79 Å². The number of ether oxygens (including phenoxy) is 1. The van der Waals surface area contributed by atoms with Crippen LogP contribution in [0.3, 0.4) is 0 Å². The smallest absolute Gasteiger partial charge is 0.407 e. The van der Waals surface area contributed by atoms with Gasteiger partial charge in [0.25, 0.3) is 0 Å². The third kappa shape index (κ3) is 6.50. The van der Waals surface area contributed by atoms with Crippen molar-refractivity contribution in [1.82, 2.24) is 10.2 Å². The Morgan fingerprint density at radius 1 is 1.20 bits per heavy atom. The molecule has 1 saturated heterocycles. The van der Waals surface area contributed by atoms with Crippen LogP contribution in [0.15, 0.2) is 30.3 Å². The zero-order chi connectivity index (χ0) is 18.4. The van der Waals surface area contributed by atoms with Gasteiger partial charge in [-0.3, -0.25) is 9.69 Å². The molecule has 5 heteroatoms. The highest BCUT2D eigenvalue weighted by Crippen LogP contribution is 2.22. The van der Waals surface area contributed by atoms with E-state index in [0.29, 0.717) is 19.0 Å². The molecule has 1 fully saturated rings. The highest BCUT2D eigenvalue weighted by atomic mass is 16.6. The molecule has 1 aromatic carbocycles. The molecule has 0 unspecified atom stereocenters. The predicted octanol–water partition coefficient (Wildman–Crippen LogP) is 3.49. The molecule has 25 heavy (non-hydrogen) atoms. The molecule has 0 saturated carbocycles. The minimum atomic E-state index is -0.506. The van der Waals surface area contributed by atoms with Crippen LogP contribution in [-0.2, 0) is 4.74 Å². The lowest BCUT2D eigenvalue weighted by atomic mass is 9.93. The Hall–Kier alpha value is -1.88. The topological polar surface area (TPSA) is 58.6 Å². The zero-order valence-corrected chi connectivity index (χ0v) is 15.7. The summed E-state index contributed by atoms with van der Waals surface area (Å²) in [6, 6.07) is 9.54. The van der Waals surface area contributed by atoms with Gasteiger partial charge >= 0.3 is 6.09 Å². The first-order valence-electron chi connectivity index (χ1n) is 9.04. The van der Waals surface area contributed by atoms with Gasteiger partial charge in [0.15, 0.2) is 5.78 Å². The molecule has 0 aliphatic carbocycles. The number of hydrogen-bond acceptors (Lipinski definition) is 4. The Morgan fingerprint density at radius 2 is 1.88 bits per heavy atom. The number of rotatable bonds is 5. The molecular weight excluding hydrogens is 316 g/mol. The lowest BCUT2D eigenvalue weighted by Crippen LogP contribution is -2.50. The number of piperidine rings is 1. The van der Waals surface area contributed by atoms with E-state index in [1.807, 2.05) is 51.1 Å². The van der Waals surface area contributed by atoms with E-state index in [2.05, 4.69) is 17.1 Å². The molecule has 1 amide bonds. The normalized spacial score (nSPS) is 21.6. The second-order valence-corrected chi connectivity index (χ2v) is 7.94. The first kappa shape index (κ1) is 19.4. The van der Waals surface area contributed by atoms with Crippen molar-refractivity contribution < 1.29 is 14.3 Å². The van der Waals surface area contributed by atoms with Crippen molar-refractivity contribution in [1.29, 1.82) is 0 Å². The number of ketones is 1. The molecule has 1 aliphatic heterocycles. The molecule has 1 N–H and O–H groups in total. The minimum absolute atomic E-state index is 0.122. The number of amides is 1. The SMILES string of the molecule is C[C@@H]1CC[C@@H](CNC(=O)OC(C)(C)C)N(CC(=O)c2ccccc2)C1. The standard InChI is InChI=1S/C20H30N2O3/c1-15-10-11-17(12-21-19(24)25-20(2,3)4)22(13-15)14-18(23)16-8-6-5-7-9-16/h5-9,15,17H,10-14H2,1-4H3,(H,21,24)/t15-,17+/m1/s1. The Balaban J connectivity index is 1.93. The van der Waals surface area contributed by atoms with E-state index in [-0.39, 0.29) is 11.8 Å². The summed E-state index contributed by atoms with van der Waals surface area (Å²) in [7, 11) is 0. The molecule has 1 heterocycles. The summed E-state index contributed by atoms with van der Waals surface area (Å²) in [5.41, 5.74) is 0.230. The van der Waals surface area contributed by atoms with Crippen molar-refractivity contribution in [3.05, 3.63) is 35.9 Å². The van der Waals surface area contributed by atoms with Crippen LogP contribution in [-0.4, -0.2) is 48.1 Å². The number of nitrogens with zero attached hydrogens (tertiary/aromatic N) is 1. The molecule has 0 aromatic heterocycles. The van der Waals surface area contributed by atoms with Gasteiger partial charge in [0.1, 0.15) is 5.60 Å². The number of hydrogen-bond donors (Lipinski definition) is 1. The number of Topliss-reactive ketones (excluding diaryl/α,β-unsaturated/α-hetero) is 1. The van der Waals surface area contributed by atoms with Crippen molar-refractivity contribution in [2.45, 2.75) is 52.2 Å². The minimum Gasteiger partial charge on any atom is -0.444 e. The summed E-state index contributed by atoms with van der Waals surface area (Å²) in [4.78, 5) is 26.6. The molecule has 1 aromatic rings. The fourth-order valence-corrected chi connectivity index (χ4v) is 3.14. The van der Waals surface area contributed by atoms with Crippen LogP contribution in [0.1, 0.15) is 50.9 Å². The second-order valence-electron chi connectivity index (χ2n) is 7.94. The van der Waals surface area contributed by atoms with Gasteiger partial charge in [0, 0.05) is 24.7 Å². The first-order valence-corrected chi connectivity index (χ1v) is 9.04. The van der Waals surface area contributed by atoms with Crippen LogP contribution in [0.5, 0.6) is 0 Å². The van der Waals surface area contributed by atoms with Gasteiger partial charge in [-0.1, -0.05) is 37.3 Å². The molecule has 2 atom stereocenters. The predicted molar refractivity (Wildman–Crippen MR) is 98.8 cm³/mol. The number of carbonyl (C=O) groups is 2. The highest BCUT2D eigenvalue weighted by molar-refractivity contribution is 5.97. The maximum atomic E-state index is 12.5. The number of alkyl carbamates (subject to hydrolysis) is 1. The fraction of sp³-hybridized carbons (Fsp3) is 0.600. The van der Waals surface area contributed by atoms with Crippen molar-refractivity contribution in [3.8, 4) is 0 Å². The van der Waals surface area contributed by atoms with Crippen molar-refractivity contribution in [3.63, 3.8) is 0 Å². The largest absolute Gasteiger partial charge is 0.444 e.